The molecule has 43 heavy (non-hydrogen) atoms. The predicted molar refractivity (Wildman–Crippen MR) is 179 cm³/mol. The Morgan fingerprint density at radius 2 is 0.953 bits per heavy atom. The Balaban J connectivity index is 1.33. The number of hydrogen-bond donors (Lipinski definition) is 0. The van der Waals surface area contributed by atoms with E-state index in [9.17, 15) is 0 Å². The first kappa shape index (κ1) is 23.9. The predicted octanol–water partition coefficient (Wildman–Crippen LogP) is 11.8. The van der Waals surface area contributed by atoms with E-state index in [2.05, 4.69) is 132 Å². The third-order valence-electron chi connectivity index (χ3n) is 8.45. The summed E-state index contributed by atoms with van der Waals surface area (Å²) in [6.45, 7) is 0. The molecule has 202 valence electrons. The summed E-state index contributed by atoms with van der Waals surface area (Å²) in [6, 6.07) is 53.2. The summed E-state index contributed by atoms with van der Waals surface area (Å²) in [5.74, 6) is 0. The van der Waals surface area contributed by atoms with Crippen LogP contribution in [0.5, 0.6) is 0 Å². The third kappa shape index (κ3) is 3.75. The zero-order valence-corrected chi connectivity index (χ0v) is 23.2. The van der Waals surface area contributed by atoms with Gasteiger partial charge in [0, 0.05) is 44.5 Å². The zero-order valence-electron chi connectivity index (χ0n) is 23.2. The van der Waals surface area contributed by atoms with Crippen molar-refractivity contribution in [2.45, 2.75) is 0 Å². The molecule has 0 fully saturated rings. The number of rotatable bonds is 4. The number of fused-ring (bicyclic) bond motifs is 7. The molecule has 0 bridgehead atoms. The van der Waals surface area contributed by atoms with Crippen molar-refractivity contribution in [1.82, 2.24) is 0 Å². The Morgan fingerprint density at radius 1 is 0.372 bits per heavy atom. The molecule has 9 rings (SSSR count). The Morgan fingerprint density at radius 3 is 1.70 bits per heavy atom. The molecule has 7 aromatic carbocycles. The highest BCUT2D eigenvalue weighted by molar-refractivity contribution is 6.11. The molecule has 0 spiro atoms. The van der Waals surface area contributed by atoms with Crippen molar-refractivity contribution in [1.29, 1.82) is 0 Å². The van der Waals surface area contributed by atoms with E-state index < -0.39 is 0 Å². The lowest BCUT2D eigenvalue weighted by molar-refractivity contribution is 0.668. The highest BCUT2D eigenvalue weighted by Crippen LogP contribution is 2.46. The monoisotopic (exact) mass is 551 g/mol. The molecule has 0 saturated carbocycles. The second kappa shape index (κ2) is 9.37. The summed E-state index contributed by atoms with van der Waals surface area (Å²) in [6.07, 6.45) is 0. The van der Waals surface area contributed by atoms with Crippen LogP contribution >= 0.6 is 0 Å². The normalized spacial score (nSPS) is 11.7. The van der Waals surface area contributed by atoms with Gasteiger partial charge in [-0.05, 0) is 70.9 Å². The van der Waals surface area contributed by atoms with Crippen molar-refractivity contribution in [3.63, 3.8) is 0 Å². The first-order valence-corrected chi connectivity index (χ1v) is 14.5. The minimum absolute atomic E-state index is 0.866. The molecule has 0 N–H and O–H groups in total. The quantitative estimate of drug-likeness (QED) is 0.218. The number of benzene rings is 7. The van der Waals surface area contributed by atoms with Crippen LogP contribution in [0, 0.1) is 0 Å². The largest absolute Gasteiger partial charge is 0.456 e. The highest BCUT2D eigenvalue weighted by Gasteiger charge is 2.21. The van der Waals surface area contributed by atoms with E-state index in [-0.39, 0.29) is 0 Å². The lowest BCUT2D eigenvalue weighted by Crippen LogP contribution is -2.11. The topological polar surface area (TPSA) is 29.5 Å². The number of nitrogens with zero attached hydrogens (tertiary/aromatic N) is 1. The molecule has 0 aliphatic rings. The second-order valence-electron chi connectivity index (χ2n) is 10.9. The van der Waals surface area contributed by atoms with E-state index in [1.54, 1.807) is 0 Å². The van der Waals surface area contributed by atoms with Crippen molar-refractivity contribution in [3.05, 3.63) is 152 Å². The molecular formula is C40H25NO2. The molecule has 0 radical (unpaired) electrons. The van der Waals surface area contributed by atoms with Crippen LogP contribution < -0.4 is 4.90 Å². The molecule has 9 aromatic rings. The van der Waals surface area contributed by atoms with Crippen molar-refractivity contribution < 1.29 is 8.83 Å². The van der Waals surface area contributed by atoms with Crippen LogP contribution in [0.25, 0.3) is 65.8 Å². The van der Waals surface area contributed by atoms with Gasteiger partial charge in [0.2, 0.25) is 0 Å². The molecule has 3 heteroatoms. The minimum atomic E-state index is 0.866. The van der Waals surface area contributed by atoms with Crippen LogP contribution in [0.4, 0.5) is 17.1 Å². The zero-order chi connectivity index (χ0) is 28.3. The first-order valence-electron chi connectivity index (χ1n) is 14.5. The fraction of sp³-hybridized carbons (Fsp3) is 0. The molecule has 0 aliphatic heterocycles. The molecular weight excluding hydrogens is 526 g/mol. The minimum Gasteiger partial charge on any atom is -0.456 e. The van der Waals surface area contributed by atoms with E-state index in [1.165, 1.54) is 10.8 Å². The molecule has 0 aliphatic carbocycles. The number of hydrogen-bond acceptors (Lipinski definition) is 3. The van der Waals surface area contributed by atoms with Gasteiger partial charge in [-0.1, -0.05) is 91.0 Å². The maximum Gasteiger partial charge on any atom is 0.137 e. The van der Waals surface area contributed by atoms with E-state index >= 15 is 0 Å². The lowest BCUT2D eigenvalue weighted by atomic mass is 9.94. The van der Waals surface area contributed by atoms with Crippen LogP contribution in [-0.4, -0.2) is 0 Å². The van der Waals surface area contributed by atoms with Crippen molar-refractivity contribution in [3.8, 4) is 11.1 Å². The van der Waals surface area contributed by atoms with Crippen molar-refractivity contribution >= 4 is 71.7 Å². The van der Waals surface area contributed by atoms with E-state index in [1.807, 2.05) is 24.3 Å². The van der Waals surface area contributed by atoms with Gasteiger partial charge >= 0.3 is 0 Å². The van der Waals surface area contributed by atoms with Crippen LogP contribution in [0.1, 0.15) is 0 Å². The van der Waals surface area contributed by atoms with Crippen LogP contribution in [0.3, 0.4) is 0 Å². The standard InChI is InChI=1S/C40H25NO2/c1-2-11-28(12-3-1)41(29-20-22-34-32-15-7-9-17-37(32)43-39(34)25-29)35-23-19-26-10-4-5-13-30(26)40(35)27-18-21-33-31-14-6-8-16-36(31)42-38(33)24-27/h1-25H. The van der Waals surface area contributed by atoms with Gasteiger partial charge in [0.1, 0.15) is 22.3 Å². The molecule has 0 saturated heterocycles. The van der Waals surface area contributed by atoms with E-state index in [0.29, 0.717) is 0 Å². The smallest absolute Gasteiger partial charge is 0.137 e. The Labute approximate surface area is 247 Å². The van der Waals surface area contributed by atoms with Crippen molar-refractivity contribution in [2.75, 3.05) is 4.90 Å². The first-order chi connectivity index (χ1) is 21.3. The fourth-order valence-electron chi connectivity index (χ4n) is 6.49. The van der Waals surface area contributed by atoms with E-state index in [0.717, 1.165) is 72.1 Å². The molecule has 2 heterocycles. The Kier molecular flexibility index (Phi) is 5.20. The van der Waals surface area contributed by atoms with Gasteiger partial charge in [-0.2, -0.15) is 0 Å². The summed E-state index contributed by atoms with van der Waals surface area (Å²) in [5.41, 5.74) is 8.97. The number of anilines is 3. The number of furan rings is 2. The van der Waals surface area contributed by atoms with Gasteiger partial charge in [-0.3, -0.25) is 0 Å². The van der Waals surface area contributed by atoms with Gasteiger partial charge in [0.15, 0.2) is 0 Å². The van der Waals surface area contributed by atoms with Gasteiger partial charge in [-0.15, -0.1) is 0 Å². The lowest BCUT2D eigenvalue weighted by Gasteiger charge is -2.28. The summed E-state index contributed by atoms with van der Waals surface area (Å²) in [5, 5.41) is 6.86. The van der Waals surface area contributed by atoms with Gasteiger partial charge in [0.05, 0.1) is 5.69 Å². The maximum atomic E-state index is 6.35. The number of para-hydroxylation sites is 3. The second-order valence-corrected chi connectivity index (χ2v) is 10.9. The summed E-state index contributed by atoms with van der Waals surface area (Å²) < 4.78 is 12.7. The third-order valence-corrected chi connectivity index (χ3v) is 8.45. The van der Waals surface area contributed by atoms with Gasteiger partial charge in [0.25, 0.3) is 0 Å². The molecule has 0 atom stereocenters. The van der Waals surface area contributed by atoms with Crippen molar-refractivity contribution in [2.24, 2.45) is 0 Å². The molecule has 3 nitrogen and oxygen atoms in total. The molecule has 2 aromatic heterocycles. The SMILES string of the molecule is c1ccc(N(c2ccc3c(c2)oc2ccccc23)c2ccc3ccccc3c2-c2ccc3c(c2)oc2ccccc23)cc1. The maximum absolute atomic E-state index is 6.35. The van der Waals surface area contributed by atoms with Gasteiger partial charge < -0.3 is 13.7 Å². The highest BCUT2D eigenvalue weighted by atomic mass is 16.3. The summed E-state index contributed by atoms with van der Waals surface area (Å²) in [4.78, 5) is 2.33. The molecule has 0 amide bonds. The summed E-state index contributed by atoms with van der Waals surface area (Å²) in [7, 11) is 0. The fourth-order valence-corrected chi connectivity index (χ4v) is 6.49. The average molecular weight is 552 g/mol. The van der Waals surface area contributed by atoms with Crippen LogP contribution in [0.2, 0.25) is 0 Å². The van der Waals surface area contributed by atoms with E-state index in [4.69, 9.17) is 8.83 Å². The Hall–Kier alpha value is -5.80. The van der Waals surface area contributed by atoms with Crippen LogP contribution in [-0.2, 0) is 0 Å². The average Bonchev–Trinajstić information content (AvgIpc) is 3.63. The Bertz CT molecular complexity index is 2470. The molecule has 0 unspecified atom stereocenters. The van der Waals surface area contributed by atoms with Gasteiger partial charge in [-0.25, -0.2) is 0 Å². The summed E-state index contributed by atoms with van der Waals surface area (Å²) >= 11 is 0. The van der Waals surface area contributed by atoms with Crippen LogP contribution in [0.15, 0.2) is 160 Å².